The number of aliphatic hydroxyl groups excluding tert-OH is 2. The molecule has 204 valence electrons. The zero-order valence-corrected chi connectivity index (χ0v) is 22.1. The number of rotatable bonds is 2. The molecule has 2 aromatic rings. The number of nitrogens with zero attached hydrogens (tertiary/aromatic N) is 2. The summed E-state index contributed by atoms with van der Waals surface area (Å²) in [6, 6.07) is 7.34. The fourth-order valence-electron chi connectivity index (χ4n) is 9.29. The number of ether oxygens (including phenoxy) is 1. The van der Waals surface area contributed by atoms with Gasteiger partial charge in [0.25, 0.3) is 0 Å². The predicted octanol–water partition coefficient (Wildman–Crippen LogP) is 4.31. The molecule has 2 spiro atoms. The number of halogens is 2. The van der Waals surface area contributed by atoms with Crippen LogP contribution in [0.5, 0.6) is 5.88 Å². The van der Waals surface area contributed by atoms with E-state index in [1.807, 2.05) is 24.3 Å². The zero-order valence-electron chi connectivity index (χ0n) is 22.1. The minimum absolute atomic E-state index is 0.0178. The highest BCUT2D eigenvalue weighted by atomic mass is 19.2. The molecule has 3 unspecified atom stereocenters. The van der Waals surface area contributed by atoms with Crippen LogP contribution in [-0.4, -0.2) is 80.1 Å². The van der Waals surface area contributed by atoms with Gasteiger partial charge in [0.1, 0.15) is 23.0 Å². The van der Waals surface area contributed by atoms with Crippen LogP contribution >= 0.6 is 0 Å². The standard InChI is InChI=1S/C30H36F2N2O4/c1-26-9-10-27(31)16-29(32)24(36)23(35)21(34(2)3)15-28(29)11-12-30(27,38-28)22(26)7-6-20(26)18-5-4-17-8-13-33-25(37)19(17)14-18/h4-6,8,13-14,21-24,35-36H,7,9-12,15-16H2,1-3H3,(H,33,37)/t21-,22?,23+,24-,26+,27?,28+,29?,30-/m0/s1. The summed E-state index contributed by atoms with van der Waals surface area (Å²) in [6.45, 7) is 2.17. The van der Waals surface area contributed by atoms with Crippen LogP contribution < -0.4 is 0 Å². The Balaban J connectivity index is 1.29. The minimum atomic E-state index is -2.35. The summed E-state index contributed by atoms with van der Waals surface area (Å²) in [4.78, 5) is 5.83. The smallest absolute Gasteiger partial charge is 0.218 e. The first kappa shape index (κ1) is 24.9. The summed E-state index contributed by atoms with van der Waals surface area (Å²) in [6.07, 6.45) is 2.47. The third kappa shape index (κ3) is 2.77. The van der Waals surface area contributed by atoms with E-state index in [1.165, 1.54) is 0 Å². The highest BCUT2D eigenvalue weighted by molar-refractivity contribution is 5.90. The van der Waals surface area contributed by atoms with E-state index in [1.54, 1.807) is 25.2 Å². The Bertz CT molecular complexity index is 1370. The molecule has 0 amide bonds. The van der Waals surface area contributed by atoms with Gasteiger partial charge >= 0.3 is 0 Å². The lowest BCUT2D eigenvalue weighted by Gasteiger charge is -2.65. The molecule has 1 aromatic heterocycles. The van der Waals surface area contributed by atoms with E-state index in [-0.39, 0.29) is 24.6 Å². The van der Waals surface area contributed by atoms with Crippen molar-refractivity contribution in [2.75, 3.05) is 14.1 Å². The van der Waals surface area contributed by atoms with Crippen LogP contribution in [-0.2, 0) is 4.74 Å². The summed E-state index contributed by atoms with van der Waals surface area (Å²) in [5, 5.41) is 33.8. The van der Waals surface area contributed by atoms with E-state index in [2.05, 4.69) is 18.0 Å². The van der Waals surface area contributed by atoms with E-state index in [9.17, 15) is 15.3 Å². The fourth-order valence-corrected chi connectivity index (χ4v) is 9.29. The van der Waals surface area contributed by atoms with Crippen molar-refractivity contribution in [1.82, 2.24) is 9.88 Å². The van der Waals surface area contributed by atoms with Crippen LogP contribution in [0.25, 0.3) is 16.3 Å². The first-order valence-corrected chi connectivity index (χ1v) is 13.8. The molecule has 0 radical (unpaired) electrons. The van der Waals surface area contributed by atoms with Gasteiger partial charge in [0.05, 0.1) is 6.10 Å². The van der Waals surface area contributed by atoms with Gasteiger partial charge in [0, 0.05) is 30.0 Å². The molecular formula is C30H36F2N2O4. The van der Waals surface area contributed by atoms with E-state index in [0.717, 1.165) is 16.5 Å². The lowest BCUT2D eigenvalue weighted by molar-refractivity contribution is -0.347. The van der Waals surface area contributed by atoms with Crippen LogP contribution in [0.4, 0.5) is 8.78 Å². The quantitative estimate of drug-likeness (QED) is 0.541. The van der Waals surface area contributed by atoms with Gasteiger partial charge in [-0.15, -0.1) is 0 Å². The molecule has 3 aliphatic carbocycles. The molecule has 2 bridgehead atoms. The maximum atomic E-state index is 17.2. The highest BCUT2D eigenvalue weighted by Gasteiger charge is 2.82. The predicted molar refractivity (Wildman–Crippen MR) is 139 cm³/mol. The van der Waals surface area contributed by atoms with Crippen molar-refractivity contribution in [2.45, 2.75) is 92.7 Å². The van der Waals surface area contributed by atoms with Crippen molar-refractivity contribution in [2.24, 2.45) is 11.3 Å². The van der Waals surface area contributed by atoms with Crippen LogP contribution in [0.15, 0.2) is 36.5 Å². The lowest BCUT2D eigenvalue weighted by atomic mass is 9.51. The van der Waals surface area contributed by atoms with Gasteiger partial charge in [0.15, 0.2) is 5.67 Å². The van der Waals surface area contributed by atoms with Gasteiger partial charge in [0.2, 0.25) is 5.88 Å². The third-order valence-corrected chi connectivity index (χ3v) is 11.3. The number of likely N-dealkylation sites (N-methyl/N-ethyl adjacent to an activating group) is 1. The van der Waals surface area contributed by atoms with Gasteiger partial charge in [-0.25, -0.2) is 13.8 Å². The molecule has 3 N–H and O–H groups in total. The van der Waals surface area contributed by atoms with Crippen LogP contribution in [0.2, 0.25) is 0 Å². The van der Waals surface area contributed by atoms with E-state index in [0.29, 0.717) is 31.1 Å². The maximum absolute atomic E-state index is 17.2. The molecule has 7 rings (SSSR count). The monoisotopic (exact) mass is 526 g/mol. The number of pyridine rings is 1. The Hall–Kier alpha value is -2.13. The second-order valence-electron chi connectivity index (χ2n) is 13.1. The summed E-state index contributed by atoms with van der Waals surface area (Å²) >= 11 is 0. The number of alkyl halides is 2. The van der Waals surface area contributed by atoms with E-state index in [4.69, 9.17) is 4.74 Å². The number of aromatic nitrogens is 1. The number of hydrogen-bond acceptors (Lipinski definition) is 6. The Morgan fingerprint density at radius 3 is 2.63 bits per heavy atom. The molecule has 6 nitrogen and oxygen atoms in total. The van der Waals surface area contributed by atoms with Crippen LogP contribution in [0.1, 0.15) is 57.4 Å². The third-order valence-electron chi connectivity index (χ3n) is 11.3. The van der Waals surface area contributed by atoms with Gasteiger partial charge in [-0.05, 0) is 86.7 Å². The molecule has 38 heavy (non-hydrogen) atoms. The normalized spacial score (nSPS) is 47.5. The number of hydrogen-bond donors (Lipinski definition) is 3. The number of aliphatic hydroxyl groups is 2. The van der Waals surface area contributed by atoms with E-state index < -0.39 is 52.6 Å². The van der Waals surface area contributed by atoms with Gasteiger partial charge < -0.3 is 25.0 Å². The second kappa shape index (κ2) is 7.53. The van der Waals surface area contributed by atoms with Crippen LogP contribution in [0.3, 0.4) is 0 Å². The van der Waals surface area contributed by atoms with Crippen LogP contribution in [0, 0.1) is 11.3 Å². The van der Waals surface area contributed by atoms with Crippen molar-refractivity contribution in [3.05, 3.63) is 42.1 Å². The molecular weight excluding hydrogens is 490 g/mol. The Morgan fingerprint density at radius 2 is 1.87 bits per heavy atom. The van der Waals surface area contributed by atoms with Crippen molar-refractivity contribution >= 4 is 16.3 Å². The molecule has 2 aliphatic heterocycles. The largest absolute Gasteiger partial charge is 0.493 e. The molecule has 5 aliphatic rings. The number of benzene rings is 1. The average Bonchev–Trinajstić information content (AvgIpc) is 3.42. The Labute approximate surface area is 221 Å². The molecule has 4 fully saturated rings. The summed E-state index contributed by atoms with van der Waals surface area (Å²) in [5.41, 5.74) is -5.09. The van der Waals surface area contributed by atoms with Crippen molar-refractivity contribution < 1.29 is 28.8 Å². The highest BCUT2D eigenvalue weighted by Crippen LogP contribution is 2.74. The lowest BCUT2D eigenvalue weighted by Crippen LogP contribution is -2.78. The molecule has 2 saturated heterocycles. The first-order chi connectivity index (χ1) is 17.9. The fraction of sp³-hybridized carbons (Fsp3) is 0.633. The maximum Gasteiger partial charge on any atom is 0.218 e. The molecule has 2 saturated carbocycles. The van der Waals surface area contributed by atoms with Gasteiger partial charge in [-0.3, -0.25) is 0 Å². The van der Waals surface area contributed by atoms with Crippen molar-refractivity contribution in [3.63, 3.8) is 0 Å². The topological polar surface area (TPSA) is 86.1 Å². The second-order valence-corrected chi connectivity index (χ2v) is 13.1. The number of aromatic hydroxyl groups is 1. The molecule has 3 heterocycles. The SMILES string of the molecule is CN(C)[C@H]1C[C@@]23CC[C@]4(O2)C2CC=C(c5ccc6ccnc(O)c6c5)[C@@]2(C)CCC4(F)CC3(F)[C@@H](O)[C@@H]1O. The van der Waals surface area contributed by atoms with Crippen molar-refractivity contribution in [3.8, 4) is 5.88 Å². The molecule has 1 aromatic carbocycles. The average molecular weight is 527 g/mol. The van der Waals surface area contributed by atoms with Gasteiger partial charge in [-0.1, -0.05) is 25.1 Å². The number of fused-ring (bicyclic) bond motifs is 2. The van der Waals surface area contributed by atoms with Crippen molar-refractivity contribution in [1.29, 1.82) is 0 Å². The van der Waals surface area contributed by atoms with E-state index >= 15 is 8.78 Å². The first-order valence-electron chi connectivity index (χ1n) is 13.8. The Kier molecular flexibility index (Phi) is 4.93. The molecule has 9 atom stereocenters. The summed E-state index contributed by atoms with van der Waals surface area (Å²) < 4.78 is 41.0. The number of allylic oxidation sites excluding steroid dienone is 2. The Morgan fingerprint density at radius 1 is 1.08 bits per heavy atom. The zero-order chi connectivity index (χ0) is 26.9. The summed E-state index contributed by atoms with van der Waals surface area (Å²) in [5.74, 6) is -0.205. The van der Waals surface area contributed by atoms with Gasteiger partial charge in [-0.2, -0.15) is 0 Å². The minimum Gasteiger partial charge on any atom is -0.493 e. The molecule has 8 heteroatoms. The summed E-state index contributed by atoms with van der Waals surface area (Å²) in [7, 11) is 3.61.